The second-order valence-electron chi connectivity index (χ2n) is 5.30. The number of hydrogen-bond donors (Lipinski definition) is 1. The van der Waals surface area contributed by atoms with Gasteiger partial charge in [-0.05, 0) is 35.7 Å². The molecule has 3 nitrogen and oxygen atoms in total. The van der Waals surface area contributed by atoms with E-state index in [0.29, 0.717) is 31.0 Å². The third-order valence-electron chi connectivity index (χ3n) is 3.54. The Labute approximate surface area is 135 Å². The third kappa shape index (κ3) is 5.06. The van der Waals surface area contributed by atoms with Crippen LogP contribution in [0, 0.1) is 11.6 Å². The van der Waals surface area contributed by atoms with E-state index >= 15 is 0 Å². The second kappa shape index (κ2) is 8.27. The predicted molar refractivity (Wildman–Crippen MR) is 89.3 cm³/mol. The average molecular weight is 317 g/mol. The molecule has 0 saturated carbocycles. The van der Waals surface area contributed by atoms with Gasteiger partial charge in [-0.1, -0.05) is 30.3 Å². The van der Waals surface area contributed by atoms with Crippen LogP contribution in [0.3, 0.4) is 0 Å². The molecule has 0 aromatic heterocycles. The van der Waals surface area contributed by atoms with Crippen LogP contribution in [0.15, 0.2) is 53.5 Å². The molecule has 2 aromatic rings. The number of benzene rings is 2. The SMILES string of the molecule is CN=C(NCCc1ccccc1F)N(C)Cc1ccc(F)cc1. The van der Waals surface area contributed by atoms with Gasteiger partial charge >= 0.3 is 0 Å². The summed E-state index contributed by atoms with van der Waals surface area (Å²) in [6, 6.07) is 13.1. The Morgan fingerprint density at radius 3 is 2.43 bits per heavy atom. The number of hydrogen-bond acceptors (Lipinski definition) is 1. The molecule has 0 radical (unpaired) electrons. The molecule has 0 unspecified atom stereocenters. The maximum atomic E-state index is 13.6. The first kappa shape index (κ1) is 16.9. The van der Waals surface area contributed by atoms with E-state index in [1.165, 1.54) is 18.2 Å². The molecule has 0 heterocycles. The molecular weight excluding hydrogens is 296 g/mol. The van der Waals surface area contributed by atoms with Gasteiger partial charge in [0.15, 0.2) is 5.96 Å². The normalized spacial score (nSPS) is 11.4. The zero-order valence-corrected chi connectivity index (χ0v) is 13.4. The Hall–Kier alpha value is -2.43. The molecule has 0 aliphatic rings. The van der Waals surface area contributed by atoms with Gasteiger partial charge in [0, 0.05) is 27.2 Å². The number of nitrogens with one attached hydrogen (secondary N) is 1. The summed E-state index contributed by atoms with van der Waals surface area (Å²) in [7, 11) is 3.61. The Morgan fingerprint density at radius 1 is 1.09 bits per heavy atom. The molecule has 0 amide bonds. The lowest BCUT2D eigenvalue weighted by atomic mass is 10.1. The van der Waals surface area contributed by atoms with Gasteiger partial charge in [0.25, 0.3) is 0 Å². The predicted octanol–water partition coefficient (Wildman–Crippen LogP) is 3.21. The van der Waals surface area contributed by atoms with E-state index in [2.05, 4.69) is 10.3 Å². The molecule has 0 bridgehead atoms. The molecule has 2 aromatic carbocycles. The van der Waals surface area contributed by atoms with Gasteiger partial charge in [-0.15, -0.1) is 0 Å². The zero-order chi connectivity index (χ0) is 16.7. The van der Waals surface area contributed by atoms with Gasteiger partial charge in [0.2, 0.25) is 0 Å². The largest absolute Gasteiger partial charge is 0.356 e. The summed E-state index contributed by atoms with van der Waals surface area (Å²) in [5.41, 5.74) is 1.67. The van der Waals surface area contributed by atoms with Crippen LogP contribution >= 0.6 is 0 Å². The lowest BCUT2D eigenvalue weighted by Crippen LogP contribution is -2.39. The molecule has 2 rings (SSSR count). The first-order chi connectivity index (χ1) is 11.1. The average Bonchev–Trinajstić information content (AvgIpc) is 2.55. The van der Waals surface area contributed by atoms with Gasteiger partial charge in [-0.2, -0.15) is 0 Å². The number of guanidine groups is 1. The highest BCUT2D eigenvalue weighted by molar-refractivity contribution is 5.79. The number of aliphatic imine (C=N–C) groups is 1. The third-order valence-corrected chi connectivity index (χ3v) is 3.54. The lowest BCUT2D eigenvalue weighted by molar-refractivity contribution is 0.476. The van der Waals surface area contributed by atoms with Gasteiger partial charge < -0.3 is 10.2 Å². The minimum atomic E-state index is -0.246. The van der Waals surface area contributed by atoms with Crippen molar-refractivity contribution in [3.05, 3.63) is 71.3 Å². The monoisotopic (exact) mass is 317 g/mol. The maximum absolute atomic E-state index is 13.6. The smallest absolute Gasteiger partial charge is 0.193 e. The lowest BCUT2D eigenvalue weighted by Gasteiger charge is -2.22. The van der Waals surface area contributed by atoms with Gasteiger partial charge in [0.05, 0.1) is 0 Å². The molecule has 5 heteroatoms. The molecule has 0 aliphatic heterocycles. The second-order valence-corrected chi connectivity index (χ2v) is 5.30. The first-order valence-electron chi connectivity index (χ1n) is 7.50. The van der Waals surface area contributed by atoms with Crippen LogP contribution in [-0.4, -0.2) is 31.5 Å². The van der Waals surface area contributed by atoms with E-state index in [9.17, 15) is 8.78 Å². The molecular formula is C18H21F2N3. The maximum Gasteiger partial charge on any atom is 0.193 e. The fourth-order valence-electron chi connectivity index (χ4n) is 2.33. The van der Waals surface area contributed by atoms with Crippen molar-refractivity contribution in [1.29, 1.82) is 0 Å². The summed E-state index contributed by atoms with van der Waals surface area (Å²) in [5.74, 6) is 0.276. The van der Waals surface area contributed by atoms with Crippen LogP contribution in [0.25, 0.3) is 0 Å². The first-order valence-corrected chi connectivity index (χ1v) is 7.50. The van der Waals surface area contributed by atoms with E-state index in [4.69, 9.17) is 0 Å². The minimum Gasteiger partial charge on any atom is -0.356 e. The van der Waals surface area contributed by atoms with Crippen molar-refractivity contribution < 1.29 is 8.78 Å². The molecule has 0 spiro atoms. The fourth-order valence-corrected chi connectivity index (χ4v) is 2.33. The van der Waals surface area contributed by atoms with Crippen molar-refractivity contribution in [3.63, 3.8) is 0 Å². The van der Waals surface area contributed by atoms with E-state index in [0.717, 1.165) is 5.56 Å². The highest BCUT2D eigenvalue weighted by Gasteiger charge is 2.07. The number of halogens is 2. The van der Waals surface area contributed by atoms with Crippen LogP contribution in [0.2, 0.25) is 0 Å². The van der Waals surface area contributed by atoms with Crippen LogP contribution < -0.4 is 5.32 Å². The van der Waals surface area contributed by atoms with E-state index in [1.807, 2.05) is 18.0 Å². The van der Waals surface area contributed by atoms with Crippen molar-refractivity contribution in [3.8, 4) is 0 Å². The summed E-state index contributed by atoms with van der Waals surface area (Å²) >= 11 is 0. The molecule has 0 saturated heterocycles. The van der Waals surface area contributed by atoms with Crippen molar-refractivity contribution >= 4 is 5.96 Å². The Bertz CT molecular complexity index is 654. The Balaban J connectivity index is 1.87. The van der Waals surface area contributed by atoms with Crippen LogP contribution in [0.1, 0.15) is 11.1 Å². The van der Waals surface area contributed by atoms with Crippen molar-refractivity contribution in [2.75, 3.05) is 20.6 Å². The summed E-state index contributed by atoms with van der Waals surface area (Å²) in [6.45, 7) is 1.20. The molecule has 0 fully saturated rings. The number of nitrogens with zero attached hydrogens (tertiary/aromatic N) is 2. The fraction of sp³-hybridized carbons (Fsp3) is 0.278. The summed E-state index contributed by atoms with van der Waals surface area (Å²) in [5, 5.41) is 3.21. The Morgan fingerprint density at radius 2 is 1.78 bits per heavy atom. The van der Waals surface area contributed by atoms with Gasteiger partial charge in [0.1, 0.15) is 11.6 Å². The molecule has 1 N–H and O–H groups in total. The van der Waals surface area contributed by atoms with Crippen molar-refractivity contribution in [2.45, 2.75) is 13.0 Å². The van der Waals surface area contributed by atoms with Gasteiger partial charge in [-0.3, -0.25) is 4.99 Å². The van der Waals surface area contributed by atoms with Crippen LogP contribution in [0.5, 0.6) is 0 Å². The Kier molecular flexibility index (Phi) is 6.09. The van der Waals surface area contributed by atoms with Crippen molar-refractivity contribution in [2.24, 2.45) is 4.99 Å². The van der Waals surface area contributed by atoms with Crippen LogP contribution in [-0.2, 0) is 13.0 Å². The van der Waals surface area contributed by atoms with E-state index in [-0.39, 0.29) is 11.6 Å². The molecule has 23 heavy (non-hydrogen) atoms. The zero-order valence-electron chi connectivity index (χ0n) is 13.4. The summed E-state index contributed by atoms with van der Waals surface area (Å²) in [4.78, 5) is 6.16. The summed E-state index contributed by atoms with van der Waals surface area (Å²) in [6.07, 6.45) is 0.579. The van der Waals surface area contributed by atoms with Gasteiger partial charge in [-0.25, -0.2) is 8.78 Å². The highest BCUT2D eigenvalue weighted by Crippen LogP contribution is 2.07. The summed E-state index contributed by atoms with van der Waals surface area (Å²) < 4.78 is 26.5. The van der Waals surface area contributed by atoms with Crippen molar-refractivity contribution in [1.82, 2.24) is 10.2 Å². The molecule has 122 valence electrons. The molecule has 0 atom stereocenters. The van der Waals surface area contributed by atoms with E-state index < -0.39 is 0 Å². The highest BCUT2D eigenvalue weighted by atomic mass is 19.1. The van der Waals surface area contributed by atoms with E-state index in [1.54, 1.807) is 31.3 Å². The quantitative estimate of drug-likeness (QED) is 0.677. The van der Waals surface area contributed by atoms with Crippen LogP contribution in [0.4, 0.5) is 8.78 Å². The molecule has 0 aliphatic carbocycles. The standard InChI is InChI=1S/C18H21F2N3/c1-21-18(22-12-11-15-5-3-4-6-17(15)20)23(2)13-14-7-9-16(19)10-8-14/h3-10H,11-13H2,1-2H3,(H,21,22). The minimum absolute atomic E-state index is 0.191. The number of rotatable bonds is 5. The topological polar surface area (TPSA) is 27.6 Å².